The first-order valence-corrected chi connectivity index (χ1v) is 9.43. The predicted octanol–water partition coefficient (Wildman–Crippen LogP) is 4.52. The highest BCUT2D eigenvalue weighted by Gasteiger charge is 2.22. The Morgan fingerprint density at radius 3 is 2.52 bits per heavy atom. The van der Waals surface area contributed by atoms with Crippen molar-refractivity contribution in [3.8, 4) is 0 Å². The second-order valence-corrected chi connectivity index (χ2v) is 7.17. The van der Waals surface area contributed by atoms with Crippen LogP contribution in [0.4, 0.5) is 10.1 Å². The standard InChI is InChI=1S/C20H16ClFN2O2S/c21-15-12-14(8-9-16(15)22)23-19(25)17(11-13-5-2-1-3-6-13)24-20(26)18-7-4-10-27-18/h1-10,12,17H,11H2,(H,23,25)(H,24,26)/t17-/m0/s1. The minimum atomic E-state index is -0.800. The normalized spacial score (nSPS) is 11.6. The van der Waals surface area contributed by atoms with Crippen LogP contribution in [0.2, 0.25) is 5.02 Å². The van der Waals surface area contributed by atoms with Crippen LogP contribution in [0.3, 0.4) is 0 Å². The molecule has 2 amide bonds. The number of benzene rings is 2. The average Bonchev–Trinajstić information content (AvgIpc) is 3.20. The third kappa shape index (κ3) is 5.15. The lowest BCUT2D eigenvalue weighted by Crippen LogP contribution is -2.45. The van der Waals surface area contributed by atoms with Crippen molar-refractivity contribution >= 4 is 40.4 Å². The van der Waals surface area contributed by atoms with Gasteiger partial charge in [0, 0.05) is 12.1 Å². The van der Waals surface area contributed by atoms with E-state index < -0.39 is 17.8 Å². The number of amides is 2. The van der Waals surface area contributed by atoms with Gasteiger partial charge in [0.25, 0.3) is 5.91 Å². The van der Waals surface area contributed by atoms with Gasteiger partial charge in [0.2, 0.25) is 5.91 Å². The molecule has 0 bridgehead atoms. The lowest BCUT2D eigenvalue weighted by molar-refractivity contribution is -0.118. The van der Waals surface area contributed by atoms with Crippen molar-refractivity contribution in [3.05, 3.63) is 87.3 Å². The number of carbonyl (C=O) groups excluding carboxylic acids is 2. The number of rotatable bonds is 6. The van der Waals surface area contributed by atoms with Crippen molar-refractivity contribution in [1.29, 1.82) is 0 Å². The number of hydrogen-bond acceptors (Lipinski definition) is 3. The van der Waals surface area contributed by atoms with Crippen molar-refractivity contribution < 1.29 is 14.0 Å². The molecule has 3 rings (SSSR count). The molecule has 4 nitrogen and oxygen atoms in total. The van der Waals surface area contributed by atoms with Gasteiger partial charge in [0.15, 0.2) is 0 Å². The van der Waals surface area contributed by atoms with E-state index in [1.54, 1.807) is 17.5 Å². The molecule has 138 valence electrons. The van der Waals surface area contributed by atoms with Crippen molar-refractivity contribution in [3.63, 3.8) is 0 Å². The second-order valence-electron chi connectivity index (χ2n) is 5.81. The first-order valence-electron chi connectivity index (χ1n) is 8.17. The molecule has 0 unspecified atom stereocenters. The predicted molar refractivity (Wildman–Crippen MR) is 106 cm³/mol. The highest BCUT2D eigenvalue weighted by Crippen LogP contribution is 2.20. The maximum Gasteiger partial charge on any atom is 0.262 e. The van der Waals surface area contributed by atoms with Gasteiger partial charge in [-0.2, -0.15) is 0 Å². The zero-order valence-electron chi connectivity index (χ0n) is 14.1. The van der Waals surface area contributed by atoms with Gasteiger partial charge >= 0.3 is 0 Å². The van der Waals surface area contributed by atoms with Crippen LogP contribution in [0.15, 0.2) is 66.0 Å². The summed E-state index contributed by atoms with van der Waals surface area (Å²) in [6.45, 7) is 0. The fourth-order valence-electron chi connectivity index (χ4n) is 2.50. The van der Waals surface area contributed by atoms with Gasteiger partial charge in [-0.25, -0.2) is 4.39 Å². The number of nitrogens with one attached hydrogen (secondary N) is 2. The zero-order chi connectivity index (χ0) is 19.2. The van der Waals surface area contributed by atoms with E-state index in [9.17, 15) is 14.0 Å². The first kappa shape index (κ1) is 19.1. The van der Waals surface area contributed by atoms with E-state index in [-0.39, 0.29) is 10.9 Å². The zero-order valence-corrected chi connectivity index (χ0v) is 15.7. The van der Waals surface area contributed by atoms with Gasteiger partial charge in [0.05, 0.1) is 9.90 Å². The Bertz CT molecular complexity index is 932. The van der Waals surface area contributed by atoms with Gasteiger partial charge in [0.1, 0.15) is 11.9 Å². The van der Waals surface area contributed by atoms with E-state index in [4.69, 9.17) is 11.6 Å². The Hall–Kier alpha value is -2.70. The topological polar surface area (TPSA) is 58.2 Å². The van der Waals surface area contributed by atoms with E-state index in [1.165, 1.54) is 29.5 Å². The molecule has 7 heteroatoms. The fourth-order valence-corrected chi connectivity index (χ4v) is 3.31. The van der Waals surface area contributed by atoms with Gasteiger partial charge in [-0.15, -0.1) is 11.3 Å². The molecular weight excluding hydrogens is 387 g/mol. The van der Waals surface area contributed by atoms with Crippen LogP contribution < -0.4 is 10.6 Å². The summed E-state index contributed by atoms with van der Waals surface area (Å²) in [5.41, 5.74) is 1.26. The summed E-state index contributed by atoms with van der Waals surface area (Å²) >= 11 is 7.06. The summed E-state index contributed by atoms with van der Waals surface area (Å²) in [6, 6.07) is 16.0. The third-order valence-electron chi connectivity index (χ3n) is 3.84. The number of carbonyl (C=O) groups is 2. The van der Waals surface area contributed by atoms with E-state index in [0.29, 0.717) is 17.0 Å². The number of halogens is 2. The smallest absolute Gasteiger partial charge is 0.262 e. The van der Waals surface area contributed by atoms with Crippen LogP contribution in [0.1, 0.15) is 15.2 Å². The van der Waals surface area contributed by atoms with Crippen LogP contribution in [-0.2, 0) is 11.2 Å². The number of thiophene rings is 1. The van der Waals surface area contributed by atoms with E-state index >= 15 is 0 Å². The van der Waals surface area contributed by atoms with Gasteiger partial charge < -0.3 is 10.6 Å². The van der Waals surface area contributed by atoms with E-state index in [1.807, 2.05) is 30.3 Å². The molecule has 0 saturated heterocycles. The Morgan fingerprint density at radius 2 is 1.85 bits per heavy atom. The van der Waals surface area contributed by atoms with Gasteiger partial charge in [-0.3, -0.25) is 9.59 Å². The molecule has 1 aromatic heterocycles. The van der Waals surface area contributed by atoms with Crippen molar-refractivity contribution in [1.82, 2.24) is 5.32 Å². The fraction of sp³-hybridized carbons (Fsp3) is 0.100. The van der Waals surface area contributed by atoms with E-state index in [0.717, 1.165) is 5.56 Å². The minimum absolute atomic E-state index is 0.0879. The minimum Gasteiger partial charge on any atom is -0.339 e. The molecule has 27 heavy (non-hydrogen) atoms. The maximum absolute atomic E-state index is 13.3. The highest BCUT2D eigenvalue weighted by atomic mass is 35.5. The SMILES string of the molecule is O=C(N[C@@H](Cc1ccccc1)C(=O)Nc1ccc(F)c(Cl)c1)c1cccs1. The maximum atomic E-state index is 13.3. The largest absolute Gasteiger partial charge is 0.339 e. The highest BCUT2D eigenvalue weighted by molar-refractivity contribution is 7.12. The quantitative estimate of drug-likeness (QED) is 0.636. The molecular formula is C20H16ClFN2O2S. The van der Waals surface area contributed by atoms with E-state index in [2.05, 4.69) is 10.6 Å². The Balaban J connectivity index is 1.77. The van der Waals surface area contributed by atoms with Gasteiger partial charge in [-0.05, 0) is 35.2 Å². The second kappa shape index (κ2) is 8.79. The molecule has 0 aliphatic rings. The molecule has 2 N–H and O–H groups in total. The molecule has 1 heterocycles. The summed E-state index contributed by atoms with van der Waals surface area (Å²) < 4.78 is 13.3. The molecule has 0 spiro atoms. The lowest BCUT2D eigenvalue weighted by atomic mass is 10.0. The molecule has 0 radical (unpaired) electrons. The molecule has 1 atom stereocenters. The molecule has 0 fully saturated rings. The Labute approximate surface area is 165 Å². The summed E-state index contributed by atoms with van der Waals surface area (Å²) in [7, 11) is 0. The van der Waals surface area contributed by atoms with Crippen LogP contribution in [-0.4, -0.2) is 17.9 Å². The Morgan fingerprint density at radius 1 is 1.07 bits per heavy atom. The summed E-state index contributed by atoms with van der Waals surface area (Å²) in [6.07, 6.45) is 0.318. The third-order valence-corrected chi connectivity index (χ3v) is 4.99. The summed E-state index contributed by atoms with van der Waals surface area (Å²) in [4.78, 5) is 25.7. The van der Waals surface area contributed by atoms with Crippen LogP contribution >= 0.6 is 22.9 Å². The molecule has 0 saturated carbocycles. The van der Waals surface area contributed by atoms with Crippen LogP contribution in [0.5, 0.6) is 0 Å². The summed E-state index contributed by atoms with van der Waals surface area (Å²) in [5, 5.41) is 7.15. The van der Waals surface area contributed by atoms with Crippen molar-refractivity contribution in [2.45, 2.75) is 12.5 Å². The lowest BCUT2D eigenvalue weighted by Gasteiger charge is -2.18. The average molecular weight is 403 g/mol. The molecule has 0 aliphatic heterocycles. The monoisotopic (exact) mass is 402 g/mol. The molecule has 0 aliphatic carbocycles. The van der Waals surface area contributed by atoms with Gasteiger partial charge in [-0.1, -0.05) is 48.0 Å². The number of anilines is 1. The molecule has 3 aromatic rings. The van der Waals surface area contributed by atoms with Crippen LogP contribution in [0, 0.1) is 5.82 Å². The van der Waals surface area contributed by atoms with Crippen molar-refractivity contribution in [2.24, 2.45) is 0 Å². The summed E-state index contributed by atoms with van der Waals surface area (Å²) in [5.74, 6) is -1.30. The first-order chi connectivity index (χ1) is 13.0. The van der Waals surface area contributed by atoms with Crippen molar-refractivity contribution in [2.75, 3.05) is 5.32 Å². The molecule has 2 aromatic carbocycles. The van der Waals surface area contributed by atoms with Crippen LogP contribution in [0.25, 0.3) is 0 Å². The number of hydrogen-bond donors (Lipinski definition) is 2. The Kier molecular flexibility index (Phi) is 6.21.